The van der Waals surface area contributed by atoms with Gasteiger partial charge < -0.3 is 20.1 Å². The van der Waals surface area contributed by atoms with E-state index in [2.05, 4.69) is 42.2 Å². The number of ether oxygens (including phenoxy) is 1. The van der Waals surface area contributed by atoms with Gasteiger partial charge in [-0.3, -0.25) is 4.79 Å². The first-order valence-corrected chi connectivity index (χ1v) is 8.02. The molecule has 1 aromatic heterocycles. The molecule has 2 aromatic rings. The predicted octanol–water partition coefficient (Wildman–Crippen LogP) is 2.82. The number of aromatic amines is 1. The number of rotatable bonds is 6. The van der Waals surface area contributed by atoms with Gasteiger partial charge in [-0.2, -0.15) is 0 Å². The van der Waals surface area contributed by atoms with Crippen molar-refractivity contribution in [3.8, 4) is 0 Å². The Hall–Kier alpha value is -0.890. The molecule has 0 aliphatic rings. The van der Waals surface area contributed by atoms with Gasteiger partial charge in [0.15, 0.2) is 0 Å². The maximum absolute atomic E-state index is 12.4. The number of carbonyl (C=O) groups is 1. The Bertz CT molecular complexity index is 636. The normalized spacial score (nSPS) is 12.6. The lowest BCUT2D eigenvalue weighted by Gasteiger charge is -2.16. The van der Waals surface area contributed by atoms with Gasteiger partial charge in [0, 0.05) is 39.8 Å². The second-order valence-corrected chi connectivity index (χ2v) is 6.36. The number of hydrogen-bond acceptors (Lipinski definition) is 3. The third-order valence-corrected chi connectivity index (χ3v) is 4.99. The van der Waals surface area contributed by atoms with Crippen LogP contribution in [0, 0.1) is 0 Å². The van der Waals surface area contributed by atoms with E-state index in [1.807, 2.05) is 12.1 Å². The summed E-state index contributed by atoms with van der Waals surface area (Å²) in [5.41, 5.74) is 1.44. The number of amides is 1. The van der Waals surface area contributed by atoms with Crippen molar-refractivity contribution in [3.63, 3.8) is 0 Å². The van der Waals surface area contributed by atoms with E-state index in [4.69, 9.17) is 9.84 Å². The van der Waals surface area contributed by atoms with Gasteiger partial charge in [0.25, 0.3) is 5.91 Å². The fourth-order valence-electron chi connectivity index (χ4n) is 2.12. The molecule has 5 nitrogen and oxygen atoms in total. The fourth-order valence-corrected chi connectivity index (χ4v) is 2.81. The number of nitrogens with one attached hydrogen (secondary N) is 2. The monoisotopic (exact) mass is 418 g/mol. The van der Waals surface area contributed by atoms with Gasteiger partial charge >= 0.3 is 0 Å². The van der Waals surface area contributed by atoms with Crippen LogP contribution in [0.25, 0.3) is 10.9 Å². The fraction of sp³-hybridized carbons (Fsp3) is 0.357. The minimum absolute atomic E-state index is 0.000681. The number of aliphatic hydroxyl groups is 1. The molecule has 0 fully saturated rings. The molecule has 114 valence electrons. The molecule has 21 heavy (non-hydrogen) atoms. The number of halogens is 2. The van der Waals surface area contributed by atoms with Gasteiger partial charge in [-0.15, -0.1) is 0 Å². The number of aliphatic hydroxyl groups excluding tert-OH is 1. The van der Waals surface area contributed by atoms with Crippen LogP contribution >= 0.6 is 31.9 Å². The zero-order valence-corrected chi connectivity index (χ0v) is 14.6. The molecule has 3 N–H and O–H groups in total. The van der Waals surface area contributed by atoms with Crippen LogP contribution in [0.15, 0.2) is 27.3 Å². The minimum atomic E-state index is -0.212. The molecule has 1 atom stereocenters. The van der Waals surface area contributed by atoms with Gasteiger partial charge in [-0.1, -0.05) is 0 Å². The average Bonchev–Trinajstić information content (AvgIpc) is 2.82. The van der Waals surface area contributed by atoms with Crippen LogP contribution in [0.1, 0.15) is 16.8 Å². The predicted molar refractivity (Wildman–Crippen MR) is 88.5 cm³/mol. The summed E-state index contributed by atoms with van der Waals surface area (Å²) in [5, 5.41) is 12.7. The zero-order valence-electron chi connectivity index (χ0n) is 11.5. The van der Waals surface area contributed by atoms with Crippen molar-refractivity contribution < 1.29 is 14.6 Å². The SMILES string of the molecule is COCC(CCO)NC(=O)c1c[nH]c2cc(Br)c(Br)cc12. The number of benzene rings is 1. The molecule has 7 heteroatoms. The third kappa shape index (κ3) is 3.85. The lowest BCUT2D eigenvalue weighted by Crippen LogP contribution is -2.38. The summed E-state index contributed by atoms with van der Waals surface area (Å²) in [7, 11) is 1.57. The summed E-state index contributed by atoms with van der Waals surface area (Å²) >= 11 is 6.87. The Morgan fingerprint density at radius 2 is 2.14 bits per heavy atom. The molecule has 0 spiro atoms. The summed E-state index contributed by atoms with van der Waals surface area (Å²) in [6.07, 6.45) is 2.14. The highest BCUT2D eigenvalue weighted by Crippen LogP contribution is 2.30. The molecular formula is C14H16Br2N2O3. The number of carbonyl (C=O) groups excluding carboxylic acids is 1. The van der Waals surface area contributed by atoms with Crippen molar-refractivity contribution in [3.05, 3.63) is 32.8 Å². The van der Waals surface area contributed by atoms with Gasteiger partial charge in [0.05, 0.1) is 18.2 Å². The average molecular weight is 420 g/mol. The molecule has 1 heterocycles. The number of hydrogen-bond donors (Lipinski definition) is 3. The topological polar surface area (TPSA) is 74.3 Å². The summed E-state index contributed by atoms with van der Waals surface area (Å²) in [4.78, 5) is 15.5. The molecule has 1 aromatic carbocycles. The summed E-state index contributed by atoms with van der Waals surface area (Å²) in [6, 6.07) is 3.59. The number of methoxy groups -OCH3 is 1. The second-order valence-electron chi connectivity index (χ2n) is 4.65. The van der Waals surface area contributed by atoms with E-state index in [0.717, 1.165) is 19.8 Å². The molecule has 0 saturated carbocycles. The van der Waals surface area contributed by atoms with E-state index in [9.17, 15) is 4.79 Å². The molecule has 0 radical (unpaired) electrons. The van der Waals surface area contributed by atoms with E-state index in [1.54, 1.807) is 13.3 Å². The van der Waals surface area contributed by atoms with E-state index < -0.39 is 0 Å². The number of H-pyrrole nitrogens is 1. The third-order valence-electron chi connectivity index (χ3n) is 3.15. The van der Waals surface area contributed by atoms with Crippen LogP contribution in [-0.2, 0) is 4.74 Å². The van der Waals surface area contributed by atoms with Gasteiger partial charge in [0.1, 0.15) is 0 Å². The summed E-state index contributed by atoms with van der Waals surface area (Å²) in [5.74, 6) is -0.189. The van der Waals surface area contributed by atoms with Crippen molar-refractivity contribution in [1.29, 1.82) is 0 Å². The lowest BCUT2D eigenvalue weighted by molar-refractivity contribution is 0.0880. The summed E-state index contributed by atoms with van der Waals surface area (Å²) in [6.45, 7) is 0.366. The van der Waals surface area contributed by atoms with E-state index in [1.165, 1.54) is 0 Å². The molecule has 1 amide bonds. The second kappa shape index (κ2) is 7.40. The largest absolute Gasteiger partial charge is 0.396 e. The minimum Gasteiger partial charge on any atom is -0.396 e. The maximum atomic E-state index is 12.4. The number of aromatic nitrogens is 1. The zero-order chi connectivity index (χ0) is 15.4. The van der Waals surface area contributed by atoms with Crippen LogP contribution < -0.4 is 5.32 Å². The van der Waals surface area contributed by atoms with Crippen molar-refractivity contribution in [2.75, 3.05) is 20.3 Å². The Balaban J connectivity index is 2.24. The maximum Gasteiger partial charge on any atom is 0.253 e. The van der Waals surface area contributed by atoms with Gasteiger partial charge in [-0.05, 0) is 50.4 Å². The van der Waals surface area contributed by atoms with Crippen molar-refractivity contribution in [2.45, 2.75) is 12.5 Å². The highest BCUT2D eigenvalue weighted by molar-refractivity contribution is 9.13. The van der Waals surface area contributed by atoms with Crippen LogP contribution in [-0.4, -0.2) is 42.4 Å². The van der Waals surface area contributed by atoms with E-state index >= 15 is 0 Å². The standard InChI is InChI=1S/C14H16Br2N2O3/c1-21-7-8(2-3-19)18-14(20)10-6-17-13-5-12(16)11(15)4-9(10)13/h4-6,8,17,19H,2-3,7H2,1H3,(H,18,20). The lowest BCUT2D eigenvalue weighted by atomic mass is 10.1. The molecule has 0 aliphatic heterocycles. The van der Waals surface area contributed by atoms with Gasteiger partial charge in [0.2, 0.25) is 0 Å². The summed E-state index contributed by atoms with van der Waals surface area (Å²) < 4.78 is 6.85. The van der Waals surface area contributed by atoms with Gasteiger partial charge in [-0.25, -0.2) is 0 Å². The van der Waals surface area contributed by atoms with Crippen LogP contribution in [0.5, 0.6) is 0 Å². The highest BCUT2D eigenvalue weighted by atomic mass is 79.9. The van der Waals surface area contributed by atoms with Crippen LogP contribution in [0.2, 0.25) is 0 Å². The van der Waals surface area contributed by atoms with E-state index in [0.29, 0.717) is 18.6 Å². The van der Waals surface area contributed by atoms with Crippen molar-refractivity contribution in [2.24, 2.45) is 0 Å². The smallest absolute Gasteiger partial charge is 0.253 e. The first kappa shape index (κ1) is 16.5. The van der Waals surface area contributed by atoms with Crippen LogP contribution in [0.3, 0.4) is 0 Å². The quantitative estimate of drug-likeness (QED) is 0.673. The Labute approximate surface area is 139 Å². The molecule has 0 aliphatic carbocycles. The highest BCUT2D eigenvalue weighted by Gasteiger charge is 2.17. The molecule has 0 saturated heterocycles. The number of fused-ring (bicyclic) bond motifs is 1. The first-order chi connectivity index (χ1) is 10.1. The first-order valence-electron chi connectivity index (χ1n) is 6.43. The Kier molecular flexibility index (Phi) is 5.80. The molecule has 2 rings (SSSR count). The van der Waals surface area contributed by atoms with Crippen molar-refractivity contribution >= 4 is 48.7 Å². The van der Waals surface area contributed by atoms with Crippen molar-refractivity contribution in [1.82, 2.24) is 10.3 Å². The Morgan fingerprint density at radius 1 is 1.43 bits per heavy atom. The van der Waals surface area contributed by atoms with Crippen LogP contribution in [0.4, 0.5) is 0 Å². The molecule has 1 unspecified atom stereocenters. The Morgan fingerprint density at radius 3 is 2.81 bits per heavy atom. The van der Waals surface area contributed by atoms with E-state index in [-0.39, 0.29) is 18.6 Å². The molecular weight excluding hydrogens is 404 g/mol. The molecule has 0 bridgehead atoms.